The van der Waals surface area contributed by atoms with Crippen LogP contribution in [0.4, 0.5) is 5.69 Å². The maximum absolute atomic E-state index is 13.8. The normalized spacial score (nSPS) is 31.4. The van der Waals surface area contributed by atoms with Gasteiger partial charge in [0, 0.05) is 29.0 Å². The SMILES string of the molecule is CN1CC[C@@]23c4c5c(O)cc(NC(=O)/C=C/c6ccccc6)c4C(=O)[C@@H]1[C@@H]2C=C[C@H](O)[C@@H]3O5. The first kappa shape index (κ1) is 20.2. The number of benzene rings is 2. The third kappa shape index (κ3) is 2.69. The number of Topliss-reactive ketones (excluding diaryl/α,β-unsaturated/α-hetero) is 1. The highest BCUT2D eigenvalue weighted by molar-refractivity contribution is 6.13. The number of hydrogen-bond donors (Lipinski definition) is 3. The summed E-state index contributed by atoms with van der Waals surface area (Å²) in [5.74, 6) is -0.580. The Kier molecular flexibility index (Phi) is 4.31. The number of carbonyl (C=O) groups excluding carboxylic acids is 2. The number of likely N-dealkylation sites (N-methyl/N-ethyl adjacent to an activating group) is 1. The van der Waals surface area contributed by atoms with Gasteiger partial charge in [-0.15, -0.1) is 0 Å². The molecule has 1 saturated heterocycles. The van der Waals surface area contributed by atoms with Crippen LogP contribution in [-0.4, -0.2) is 58.6 Å². The number of anilines is 1. The van der Waals surface area contributed by atoms with Crippen molar-refractivity contribution in [2.45, 2.75) is 30.1 Å². The Balaban J connectivity index is 1.47. The summed E-state index contributed by atoms with van der Waals surface area (Å²) in [7, 11) is 1.92. The number of ketones is 1. The minimum Gasteiger partial charge on any atom is -0.504 e. The number of piperidine rings is 1. The highest BCUT2D eigenvalue weighted by atomic mass is 16.5. The van der Waals surface area contributed by atoms with Crippen molar-refractivity contribution in [1.29, 1.82) is 0 Å². The fourth-order valence-electron chi connectivity index (χ4n) is 6.20. The van der Waals surface area contributed by atoms with Gasteiger partial charge in [0.25, 0.3) is 0 Å². The molecule has 2 aromatic rings. The summed E-state index contributed by atoms with van der Waals surface area (Å²) in [6.07, 6.45) is 5.96. The van der Waals surface area contributed by atoms with Crippen LogP contribution in [0.1, 0.15) is 27.9 Å². The first-order chi connectivity index (χ1) is 15.9. The monoisotopic (exact) mass is 444 g/mol. The molecule has 5 atom stereocenters. The summed E-state index contributed by atoms with van der Waals surface area (Å²) in [5.41, 5.74) is 1.52. The minimum absolute atomic E-state index is 0.110. The highest BCUT2D eigenvalue weighted by Gasteiger charge is 2.66. The lowest BCUT2D eigenvalue weighted by atomic mass is 9.53. The van der Waals surface area contributed by atoms with Crippen molar-refractivity contribution in [2.24, 2.45) is 5.92 Å². The van der Waals surface area contributed by atoms with E-state index < -0.39 is 29.6 Å². The van der Waals surface area contributed by atoms with Crippen molar-refractivity contribution in [3.8, 4) is 11.5 Å². The van der Waals surface area contributed by atoms with E-state index >= 15 is 0 Å². The molecule has 33 heavy (non-hydrogen) atoms. The lowest BCUT2D eigenvalue weighted by molar-refractivity contribution is -0.111. The first-order valence-corrected chi connectivity index (χ1v) is 11.1. The Morgan fingerprint density at radius 2 is 2.06 bits per heavy atom. The molecule has 2 bridgehead atoms. The van der Waals surface area contributed by atoms with E-state index in [0.29, 0.717) is 24.1 Å². The third-order valence-electron chi connectivity index (χ3n) is 7.59. The molecule has 1 amide bonds. The van der Waals surface area contributed by atoms with E-state index in [1.165, 1.54) is 12.1 Å². The van der Waals surface area contributed by atoms with E-state index in [4.69, 9.17) is 4.74 Å². The standard InChI is InChI=1S/C26H24N2O5/c1-28-12-11-26-15-8-9-17(29)25(26)33-24-18(30)13-16(20(21(24)26)23(32)22(15)28)27-19(31)10-7-14-5-3-2-4-6-14/h2-10,13,15,17,22,25,29-30H,11-12H2,1H3,(H,27,31)/b10-7+/t15-,17-,22-,25-,26-/m0/s1. The minimum atomic E-state index is -0.843. The molecular weight excluding hydrogens is 420 g/mol. The zero-order valence-corrected chi connectivity index (χ0v) is 18.1. The molecule has 7 heteroatoms. The van der Waals surface area contributed by atoms with Gasteiger partial charge in [0.05, 0.1) is 17.3 Å². The zero-order chi connectivity index (χ0) is 22.9. The van der Waals surface area contributed by atoms with Crippen LogP contribution in [0.15, 0.2) is 54.6 Å². The van der Waals surface area contributed by atoms with Gasteiger partial charge < -0.3 is 20.3 Å². The van der Waals surface area contributed by atoms with Gasteiger partial charge in [0.1, 0.15) is 12.2 Å². The van der Waals surface area contributed by atoms with E-state index in [2.05, 4.69) is 5.32 Å². The zero-order valence-electron chi connectivity index (χ0n) is 18.1. The van der Waals surface area contributed by atoms with Gasteiger partial charge in [-0.2, -0.15) is 0 Å². The van der Waals surface area contributed by atoms with Gasteiger partial charge in [-0.3, -0.25) is 14.5 Å². The summed E-state index contributed by atoms with van der Waals surface area (Å²) < 4.78 is 6.12. The fraction of sp³-hybridized carbons (Fsp3) is 0.308. The number of aliphatic hydroxyl groups excluding tert-OH is 1. The van der Waals surface area contributed by atoms with Gasteiger partial charge >= 0.3 is 0 Å². The van der Waals surface area contributed by atoms with Crippen molar-refractivity contribution in [1.82, 2.24) is 4.90 Å². The second-order valence-electron chi connectivity index (χ2n) is 9.28. The van der Waals surface area contributed by atoms with Gasteiger partial charge in [-0.05, 0) is 31.7 Å². The van der Waals surface area contributed by atoms with Gasteiger partial charge in [0.2, 0.25) is 5.91 Å². The molecule has 7 nitrogen and oxygen atoms in total. The van der Waals surface area contributed by atoms with Crippen LogP contribution in [0.2, 0.25) is 0 Å². The molecule has 168 valence electrons. The molecule has 0 radical (unpaired) electrons. The summed E-state index contributed by atoms with van der Waals surface area (Å²) in [6.45, 7) is 0.670. The molecule has 4 aliphatic rings. The second kappa shape index (κ2) is 7.04. The number of nitrogens with one attached hydrogen (secondary N) is 1. The van der Waals surface area contributed by atoms with Crippen molar-refractivity contribution in [3.63, 3.8) is 0 Å². The van der Waals surface area contributed by atoms with E-state index in [1.807, 2.05) is 48.4 Å². The van der Waals surface area contributed by atoms with Gasteiger partial charge in [-0.25, -0.2) is 0 Å². The number of carbonyl (C=O) groups is 2. The molecule has 1 fully saturated rings. The summed E-state index contributed by atoms with van der Waals surface area (Å²) in [5, 5.41) is 24.4. The smallest absolute Gasteiger partial charge is 0.248 e. The Bertz CT molecular complexity index is 1240. The molecule has 6 rings (SSSR count). The Morgan fingerprint density at radius 1 is 1.27 bits per heavy atom. The van der Waals surface area contributed by atoms with Gasteiger partial charge in [-0.1, -0.05) is 42.5 Å². The molecular formula is C26H24N2O5. The topological polar surface area (TPSA) is 99.1 Å². The number of aromatic hydroxyl groups is 1. The number of aliphatic hydroxyl groups is 1. The highest BCUT2D eigenvalue weighted by Crippen LogP contribution is 2.63. The van der Waals surface area contributed by atoms with Crippen LogP contribution in [0, 0.1) is 5.92 Å². The number of nitrogens with zero attached hydrogens (tertiary/aromatic N) is 1. The molecule has 2 aromatic carbocycles. The Morgan fingerprint density at radius 3 is 2.85 bits per heavy atom. The maximum Gasteiger partial charge on any atom is 0.248 e. The van der Waals surface area contributed by atoms with Crippen molar-refractivity contribution in [3.05, 3.63) is 71.3 Å². The maximum atomic E-state index is 13.8. The van der Waals surface area contributed by atoms with E-state index in [1.54, 1.807) is 12.2 Å². The molecule has 0 unspecified atom stereocenters. The average molecular weight is 444 g/mol. The van der Waals surface area contributed by atoms with E-state index in [0.717, 1.165) is 5.56 Å². The Labute approximate surface area is 191 Å². The van der Waals surface area contributed by atoms with E-state index in [-0.39, 0.29) is 28.9 Å². The van der Waals surface area contributed by atoms with Crippen molar-refractivity contribution < 1.29 is 24.5 Å². The quantitative estimate of drug-likeness (QED) is 0.497. The first-order valence-electron chi connectivity index (χ1n) is 11.1. The van der Waals surface area contributed by atoms with Crippen LogP contribution in [0.25, 0.3) is 6.08 Å². The largest absolute Gasteiger partial charge is 0.504 e. The summed E-state index contributed by atoms with van der Waals surface area (Å²) >= 11 is 0. The van der Waals surface area contributed by atoms with E-state index in [9.17, 15) is 19.8 Å². The van der Waals surface area contributed by atoms with Crippen LogP contribution < -0.4 is 10.1 Å². The number of phenols is 1. The number of phenolic OH excluding ortho intramolecular Hbond substituents is 1. The molecule has 1 spiro atoms. The third-order valence-corrected chi connectivity index (χ3v) is 7.59. The Hall–Kier alpha value is -3.42. The predicted molar refractivity (Wildman–Crippen MR) is 122 cm³/mol. The van der Waals surface area contributed by atoms with Crippen LogP contribution in [-0.2, 0) is 10.2 Å². The second-order valence-corrected chi connectivity index (χ2v) is 9.28. The van der Waals surface area contributed by atoms with Crippen LogP contribution in [0.3, 0.4) is 0 Å². The van der Waals surface area contributed by atoms with Crippen LogP contribution in [0.5, 0.6) is 11.5 Å². The molecule has 2 heterocycles. The number of likely N-dealkylation sites (tertiary alicyclic amines) is 1. The lowest BCUT2D eigenvalue weighted by Gasteiger charge is -2.55. The fourth-order valence-corrected chi connectivity index (χ4v) is 6.20. The average Bonchev–Trinajstić information content (AvgIpc) is 3.15. The molecule has 3 N–H and O–H groups in total. The number of rotatable bonds is 3. The lowest BCUT2D eigenvalue weighted by Crippen LogP contribution is -2.66. The van der Waals surface area contributed by atoms with Gasteiger partial charge in [0.15, 0.2) is 17.3 Å². The van der Waals surface area contributed by atoms with Crippen molar-refractivity contribution in [2.75, 3.05) is 18.9 Å². The molecule has 2 aliphatic carbocycles. The number of hydrogen-bond acceptors (Lipinski definition) is 6. The summed E-state index contributed by atoms with van der Waals surface area (Å²) in [4.78, 5) is 28.6. The number of amides is 1. The summed E-state index contributed by atoms with van der Waals surface area (Å²) in [6, 6.07) is 10.4. The number of ether oxygens (including phenoxy) is 1. The molecule has 2 aliphatic heterocycles. The molecule has 0 saturated carbocycles. The van der Waals surface area contributed by atoms with Crippen molar-refractivity contribution >= 4 is 23.5 Å². The van der Waals surface area contributed by atoms with Crippen LogP contribution >= 0.6 is 0 Å². The molecule has 0 aromatic heterocycles. The predicted octanol–water partition coefficient (Wildman–Crippen LogP) is 2.49.